The Kier molecular flexibility index (Phi) is 5.02. The molecule has 28 heavy (non-hydrogen) atoms. The van der Waals surface area contributed by atoms with E-state index >= 15 is 0 Å². The number of hydrogen-bond donors (Lipinski definition) is 2. The molecule has 2 heterocycles. The Bertz CT molecular complexity index is 1010. The molecule has 0 radical (unpaired) electrons. The molecule has 6 heteroatoms. The molecule has 1 amide bonds. The minimum atomic E-state index is -0.868. The summed E-state index contributed by atoms with van der Waals surface area (Å²) in [7, 11) is 0. The molecule has 2 atom stereocenters. The molecule has 1 aliphatic heterocycles. The van der Waals surface area contributed by atoms with Gasteiger partial charge in [-0.25, -0.2) is 0 Å². The molecule has 3 aromatic rings. The van der Waals surface area contributed by atoms with E-state index in [1.165, 1.54) is 0 Å². The highest BCUT2D eigenvalue weighted by Crippen LogP contribution is 2.31. The minimum Gasteiger partial charge on any atom is -0.493 e. The number of benzene rings is 2. The summed E-state index contributed by atoms with van der Waals surface area (Å²) in [5, 5.41) is 3.95. The molecule has 0 saturated carbocycles. The third-order valence-corrected chi connectivity index (χ3v) is 4.96. The summed E-state index contributed by atoms with van der Waals surface area (Å²) >= 11 is 0. The standard InChI is InChI=1S/C22H22N2O4/c1-14(22(26)24-19-10-11-27-20-9-5-3-7-17(19)20)28-21(25)12-15-13-23-18-8-4-2-6-16(15)18/h2-9,13-14,19,23H,10-12H2,1H3,(H,24,26)/t14-,19+/m0/s1. The van der Waals surface area contributed by atoms with Crippen LogP contribution in [0.4, 0.5) is 0 Å². The van der Waals surface area contributed by atoms with Gasteiger partial charge in [-0.3, -0.25) is 9.59 Å². The number of para-hydroxylation sites is 2. The lowest BCUT2D eigenvalue weighted by atomic mass is 10.0. The maximum Gasteiger partial charge on any atom is 0.311 e. The first kappa shape index (κ1) is 18.1. The van der Waals surface area contributed by atoms with Gasteiger partial charge < -0.3 is 19.8 Å². The summed E-state index contributed by atoms with van der Waals surface area (Å²) in [4.78, 5) is 28.0. The van der Waals surface area contributed by atoms with Crippen LogP contribution in [0.5, 0.6) is 5.75 Å². The van der Waals surface area contributed by atoms with Crippen molar-refractivity contribution in [1.82, 2.24) is 10.3 Å². The van der Waals surface area contributed by atoms with E-state index in [4.69, 9.17) is 9.47 Å². The van der Waals surface area contributed by atoms with Crippen LogP contribution in [0.3, 0.4) is 0 Å². The predicted octanol–water partition coefficient (Wildman–Crippen LogP) is 3.28. The van der Waals surface area contributed by atoms with E-state index in [0.717, 1.165) is 27.8 Å². The van der Waals surface area contributed by atoms with E-state index in [0.29, 0.717) is 13.0 Å². The highest BCUT2D eigenvalue weighted by Gasteiger charge is 2.26. The Morgan fingerprint density at radius 2 is 2.00 bits per heavy atom. The van der Waals surface area contributed by atoms with Crippen molar-refractivity contribution >= 4 is 22.8 Å². The molecular formula is C22H22N2O4. The SMILES string of the molecule is C[C@H](OC(=O)Cc1c[nH]c2ccccc12)C(=O)N[C@@H]1CCOc2ccccc21. The van der Waals surface area contributed by atoms with Gasteiger partial charge >= 0.3 is 5.97 Å². The number of nitrogens with one attached hydrogen (secondary N) is 2. The van der Waals surface area contributed by atoms with Crippen LogP contribution in [0.2, 0.25) is 0 Å². The van der Waals surface area contributed by atoms with Crippen LogP contribution in [0.15, 0.2) is 54.7 Å². The zero-order chi connectivity index (χ0) is 19.5. The van der Waals surface area contributed by atoms with Gasteiger partial charge in [0.1, 0.15) is 5.75 Å². The monoisotopic (exact) mass is 378 g/mol. The van der Waals surface area contributed by atoms with Gasteiger partial charge in [-0.1, -0.05) is 36.4 Å². The second-order valence-electron chi connectivity index (χ2n) is 6.90. The number of fused-ring (bicyclic) bond motifs is 2. The number of carbonyl (C=O) groups excluding carboxylic acids is 2. The molecule has 2 N–H and O–H groups in total. The molecule has 0 saturated heterocycles. The lowest BCUT2D eigenvalue weighted by Crippen LogP contribution is -2.39. The number of ether oxygens (including phenoxy) is 2. The maximum atomic E-state index is 12.5. The Balaban J connectivity index is 1.36. The highest BCUT2D eigenvalue weighted by atomic mass is 16.5. The average molecular weight is 378 g/mol. The molecule has 4 rings (SSSR count). The Hall–Kier alpha value is -3.28. The molecule has 0 unspecified atom stereocenters. The van der Waals surface area contributed by atoms with Crippen molar-refractivity contribution < 1.29 is 19.1 Å². The Morgan fingerprint density at radius 3 is 2.89 bits per heavy atom. The van der Waals surface area contributed by atoms with Crippen LogP contribution in [0.1, 0.15) is 30.5 Å². The van der Waals surface area contributed by atoms with Gasteiger partial charge in [0.2, 0.25) is 0 Å². The lowest BCUT2D eigenvalue weighted by Gasteiger charge is -2.27. The number of H-pyrrole nitrogens is 1. The number of aromatic amines is 1. The van der Waals surface area contributed by atoms with Crippen LogP contribution in [-0.4, -0.2) is 29.6 Å². The normalized spacial score (nSPS) is 16.7. The van der Waals surface area contributed by atoms with E-state index in [1.807, 2.05) is 48.5 Å². The topological polar surface area (TPSA) is 80.4 Å². The summed E-state index contributed by atoms with van der Waals surface area (Å²) in [5.74, 6) is 0.0387. The molecule has 1 aromatic heterocycles. The molecule has 6 nitrogen and oxygen atoms in total. The second-order valence-corrected chi connectivity index (χ2v) is 6.90. The van der Waals surface area contributed by atoms with E-state index in [9.17, 15) is 9.59 Å². The van der Waals surface area contributed by atoms with Crippen molar-refractivity contribution in [2.24, 2.45) is 0 Å². The molecule has 0 bridgehead atoms. The van der Waals surface area contributed by atoms with Crippen molar-refractivity contribution in [2.45, 2.75) is 31.9 Å². The molecule has 1 aliphatic rings. The Morgan fingerprint density at radius 1 is 1.21 bits per heavy atom. The Labute approximate surface area is 162 Å². The molecule has 0 aliphatic carbocycles. The van der Waals surface area contributed by atoms with Crippen molar-refractivity contribution in [1.29, 1.82) is 0 Å². The van der Waals surface area contributed by atoms with Crippen molar-refractivity contribution in [2.75, 3.05) is 6.61 Å². The third-order valence-electron chi connectivity index (χ3n) is 4.96. The molecule has 0 spiro atoms. The van der Waals surface area contributed by atoms with E-state index < -0.39 is 12.1 Å². The summed E-state index contributed by atoms with van der Waals surface area (Å²) < 4.78 is 11.0. The number of esters is 1. The smallest absolute Gasteiger partial charge is 0.311 e. The maximum absolute atomic E-state index is 12.5. The van der Waals surface area contributed by atoms with E-state index in [1.54, 1.807) is 13.1 Å². The summed E-state index contributed by atoms with van der Waals surface area (Å²) in [6.07, 6.45) is 1.73. The van der Waals surface area contributed by atoms with E-state index in [2.05, 4.69) is 10.3 Å². The zero-order valence-corrected chi connectivity index (χ0v) is 15.6. The fourth-order valence-electron chi connectivity index (χ4n) is 3.51. The van der Waals surface area contributed by atoms with E-state index in [-0.39, 0.29) is 18.4 Å². The van der Waals surface area contributed by atoms with Crippen LogP contribution in [0.25, 0.3) is 10.9 Å². The number of hydrogen-bond acceptors (Lipinski definition) is 4. The highest BCUT2D eigenvalue weighted by molar-refractivity contribution is 5.88. The molecule has 0 fully saturated rings. The van der Waals surface area contributed by atoms with Crippen LogP contribution >= 0.6 is 0 Å². The van der Waals surface area contributed by atoms with Gasteiger partial charge in [-0.15, -0.1) is 0 Å². The number of rotatable bonds is 5. The second kappa shape index (κ2) is 7.76. The average Bonchev–Trinajstić information content (AvgIpc) is 3.11. The van der Waals surface area contributed by atoms with Gasteiger partial charge in [0, 0.05) is 29.1 Å². The summed E-state index contributed by atoms with van der Waals surface area (Å²) in [6.45, 7) is 2.13. The molecule has 2 aromatic carbocycles. The summed E-state index contributed by atoms with van der Waals surface area (Å²) in [6, 6.07) is 15.3. The van der Waals surface area contributed by atoms with Crippen molar-refractivity contribution in [3.63, 3.8) is 0 Å². The van der Waals surface area contributed by atoms with Gasteiger partial charge in [0.15, 0.2) is 6.10 Å². The number of amides is 1. The molecule has 144 valence electrons. The van der Waals surface area contributed by atoms with Crippen LogP contribution in [-0.2, 0) is 20.7 Å². The first-order valence-corrected chi connectivity index (χ1v) is 9.38. The van der Waals surface area contributed by atoms with Gasteiger partial charge in [0.05, 0.1) is 19.1 Å². The minimum absolute atomic E-state index is 0.113. The largest absolute Gasteiger partial charge is 0.493 e. The quantitative estimate of drug-likeness (QED) is 0.668. The van der Waals surface area contributed by atoms with Gasteiger partial charge in [-0.2, -0.15) is 0 Å². The van der Waals surface area contributed by atoms with Gasteiger partial charge in [0.25, 0.3) is 5.91 Å². The first-order chi connectivity index (χ1) is 13.6. The fourth-order valence-corrected chi connectivity index (χ4v) is 3.51. The third kappa shape index (κ3) is 3.71. The van der Waals surface area contributed by atoms with Crippen LogP contribution < -0.4 is 10.1 Å². The fraction of sp³-hybridized carbons (Fsp3) is 0.273. The summed E-state index contributed by atoms with van der Waals surface area (Å²) in [5.41, 5.74) is 2.76. The zero-order valence-electron chi connectivity index (χ0n) is 15.6. The first-order valence-electron chi connectivity index (χ1n) is 9.38. The molecular weight excluding hydrogens is 356 g/mol. The van der Waals surface area contributed by atoms with Gasteiger partial charge in [-0.05, 0) is 24.6 Å². The number of carbonyl (C=O) groups is 2. The lowest BCUT2D eigenvalue weighted by molar-refractivity contribution is -0.154. The predicted molar refractivity (Wildman–Crippen MR) is 105 cm³/mol. The van der Waals surface area contributed by atoms with Crippen LogP contribution in [0, 0.1) is 0 Å². The van der Waals surface area contributed by atoms with Crippen molar-refractivity contribution in [3.05, 3.63) is 65.9 Å². The number of aromatic nitrogens is 1. The van der Waals surface area contributed by atoms with Crippen molar-refractivity contribution in [3.8, 4) is 5.75 Å².